The van der Waals surface area contributed by atoms with Crippen molar-refractivity contribution in [3.63, 3.8) is 0 Å². The molecule has 6 nitrogen and oxygen atoms in total. The Kier molecular flexibility index (Phi) is 7.23. The van der Waals surface area contributed by atoms with Crippen molar-refractivity contribution in [3.8, 4) is 5.75 Å². The van der Waals surface area contributed by atoms with Crippen LogP contribution in [0.25, 0.3) is 0 Å². The Balaban J connectivity index is 1.98. The van der Waals surface area contributed by atoms with E-state index in [9.17, 15) is 9.59 Å². The number of hydrogen-bond donors (Lipinski definition) is 3. The summed E-state index contributed by atoms with van der Waals surface area (Å²) in [6.07, 6.45) is 0. The van der Waals surface area contributed by atoms with Crippen LogP contribution in [0.15, 0.2) is 48.5 Å². The van der Waals surface area contributed by atoms with Crippen LogP contribution in [0, 0.1) is 0 Å². The van der Waals surface area contributed by atoms with Gasteiger partial charge in [-0.25, -0.2) is 0 Å². The molecule has 0 bridgehead atoms. The first-order valence-electron chi connectivity index (χ1n) is 8.95. The van der Waals surface area contributed by atoms with Gasteiger partial charge in [0, 0.05) is 19.2 Å². The number of anilines is 2. The van der Waals surface area contributed by atoms with E-state index < -0.39 is 6.04 Å². The van der Waals surface area contributed by atoms with Crippen molar-refractivity contribution in [2.24, 2.45) is 0 Å². The van der Waals surface area contributed by atoms with Gasteiger partial charge in [-0.05, 0) is 36.6 Å². The molecule has 2 aromatic carbocycles. The molecule has 0 saturated carbocycles. The lowest BCUT2D eigenvalue weighted by Crippen LogP contribution is -2.39. The van der Waals surface area contributed by atoms with Crippen LogP contribution in [0.2, 0.25) is 0 Å². The molecule has 2 rings (SSSR count). The molecule has 144 valence electrons. The van der Waals surface area contributed by atoms with E-state index in [1.54, 1.807) is 32.2 Å². The maximum absolute atomic E-state index is 12.5. The topological polar surface area (TPSA) is 79.5 Å². The molecule has 0 radical (unpaired) electrons. The first kappa shape index (κ1) is 20.3. The third-order valence-corrected chi connectivity index (χ3v) is 4.24. The molecule has 27 heavy (non-hydrogen) atoms. The molecular weight excluding hydrogens is 342 g/mol. The number of benzene rings is 2. The highest BCUT2D eigenvalue weighted by atomic mass is 16.5. The molecule has 2 amide bonds. The van der Waals surface area contributed by atoms with E-state index in [4.69, 9.17) is 4.74 Å². The summed E-state index contributed by atoms with van der Waals surface area (Å²) in [5.41, 5.74) is 2.46. The Hall–Kier alpha value is -3.02. The molecule has 6 heteroatoms. The molecule has 3 N–H and O–H groups in total. The van der Waals surface area contributed by atoms with Gasteiger partial charge in [0.05, 0.1) is 12.8 Å². The van der Waals surface area contributed by atoms with Crippen molar-refractivity contribution >= 4 is 23.2 Å². The van der Waals surface area contributed by atoms with Gasteiger partial charge in [-0.1, -0.05) is 37.3 Å². The van der Waals surface area contributed by atoms with Gasteiger partial charge in [0.15, 0.2) is 0 Å². The van der Waals surface area contributed by atoms with E-state index in [1.807, 2.05) is 18.2 Å². The van der Waals surface area contributed by atoms with Crippen LogP contribution in [0.3, 0.4) is 0 Å². The first-order chi connectivity index (χ1) is 12.9. The molecule has 2 aromatic rings. The number of carbonyl (C=O) groups excluding carboxylic acids is 2. The van der Waals surface area contributed by atoms with Gasteiger partial charge in [-0.3, -0.25) is 9.59 Å². The largest absolute Gasteiger partial charge is 0.495 e. The molecule has 0 aliphatic carbocycles. The van der Waals surface area contributed by atoms with Crippen LogP contribution in [0.5, 0.6) is 5.75 Å². The van der Waals surface area contributed by atoms with Gasteiger partial charge >= 0.3 is 0 Å². The highest BCUT2D eigenvalue weighted by molar-refractivity contribution is 5.90. The Labute approximate surface area is 160 Å². The minimum absolute atomic E-state index is 0.107. The number of carbonyl (C=O) groups is 2. The van der Waals surface area contributed by atoms with Crippen molar-refractivity contribution in [1.29, 1.82) is 0 Å². The van der Waals surface area contributed by atoms with Crippen molar-refractivity contribution in [1.82, 2.24) is 5.32 Å². The third kappa shape index (κ3) is 6.02. The normalized spacial score (nSPS) is 12.6. The molecular formula is C21H27N3O3. The molecule has 0 saturated heterocycles. The summed E-state index contributed by atoms with van der Waals surface area (Å²) in [7, 11) is 1.56. The van der Waals surface area contributed by atoms with Gasteiger partial charge in [0.25, 0.3) is 0 Å². The summed E-state index contributed by atoms with van der Waals surface area (Å²) >= 11 is 0. The Morgan fingerprint density at radius 2 is 1.78 bits per heavy atom. The van der Waals surface area contributed by atoms with Crippen LogP contribution >= 0.6 is 0 Å². The minimum Gasteiger partial charge on any atom is -0.495 e. The monoisotopic (exact) mass is 369 g/mol. The van der Waals surface area contributed by atoms with Crippen molar-refractivity contribution < 1.29 is 14.3 Å². The molecule has 0 unspecified atom stereocenters. The van der Waals surface area contributed by atoms with Crippen LogP contribution in [-0.2, 0) is 9.59 Å². The average Bonchev–Trinajstić information content (AvgIpc) is 2.66. The molecule has 0 aliphatic heterocycles. The number of nitrogens with one attached hydrogen (secondary N) is 3. The van der Waals surface area contributed by atoms with Gasteiger partial charge in [-0.2, -0.15) is 0 Å². The Bertz CT molecular complexity index is 777. The fraction of sp³-hybridized carbons (Fsp3) is 0.333. The van der Waals surface area contributed by atoms with Gasteiger partial charge < -0.3 is 20.7 Å². The fourth-order valence-electron chi connectivity index (χ4n) is 2.71. The standard InChI is InChI=1S/C21H27N3O3/c1-14(17-8-6-5-7-9-17)13-22-21(26)15(2)23-19-12-18(24-16(3)25)10-11-20(19)27-4/h5-12,14-15,23H,13H2,1-4H3,(H,22,26)(H,24,25)/t14-,15-/m1/s1. The molecule has 0 aliphatic rings. The van der Waals surface area contributed by atoms with E-state index in [-0.39, 0.29) is 17.7 Å². The summed E-state index contributed by atoms with van der Waals surface area (Å²) in [4.78, 5) is 23.7. The van der Waals surface area contributed by atoms with Crippen molar-refractivity contribution in [2.45, 2.75) is 32.7 Å². The lowest BCUT2D eigenvalue weighted by molar-refractivity contribution is -0.121. The molecule has 0 aromatic heterocycles. The first-order valence-corrected chi connectivity index (χ1v) is 8.95. The lowest BCUT2D eigenvalue weighted by Gasteiger charge is -2.20. The molecule has 0 spiro atoms. The van der Waals surface area contributed by atoms with Crippen molar-refractivity contribution in [2.75, 3.05) is 24.3 Å². The summed E-state index contributed by atoms with van der Waals surface area (Å²) < 4.78 is 5.34. The number of rotatable bonds is 8. The van der Waals surface area contributed by atoms with Crippen LogP contribution in [0.4, 0.5) is 11.4 Å². The predicted molar refractivity (Wildman–Crippen MR) is 108 cm³/mol. The van der Waals surface area contributed by atoms with Gasteiger partial charge in [0.2, 0.25) is 11.8 Å². The zero-order valence-electron chi connectivity index (χ0n) is 16.2. The SMILES string of the molecule is COc1ccc(NC(C)=O)cc1N[C@H](C)C(=O)NC[C@@H](C)c1ccccc1. The third-order valence-electron chi connectivity index (χ3n) is 4.24. The summed E-state index contributed by atoms with van der Waals surface area (Å²) in [6, 6.07) is 14.8. The van der Waals surface area contributed by atoms with Crippen molar-refractivity contribution in [3.05, 3.63) is 54.1 Å². The molecule has 2 atom stereocenters. The van der Waals surface area contributed by atoms with Gasteiger partial charge in [-0.15, -0.1) is 0 Å². The Morgan fingerprint density at radius 1 is 1.07 bits per heavy atom. The van der Waals surface area contributed by atoms with E-state index in [0.717, 1.165) is 0 Å². The highest BCUT2D eigenvalue weighted by Gasteiger charge is 2.16. The zero-order valence-corrected chi connectivity index (χ0v) is 16.2. The fourth-order valence-corrected chi connectivity index (χ4v) is 2.71. The number of hydrogen-bond acceptors (Lipinski definition) is 4. The van der Waals surface area contributed by atoms with Crippen LogP contribution in [0.1, 0.15) is 32.3 Å². The summed E-state index contributed by atoms with van der Waals surface area (Å²) in [6.45, 7) is 5.86. The molecule has 0 heterocycles. The second-order valence-electron chi connectivity index (χ2n) is 6.52. The van der Waals surface area contributed by atoms with Crippen LogP contribution < -0.4 is 20.7 Å². The van der Waals surface area contributed by atoms with E-state index >= 15 is 0 Å². The van der Waals surface area contributed by atoms with Gasteiger partial charge in [0.1, 0.15) is 11.8 Å². The summed E-state index contributed by atoms with van der Waals surface area (Å²) in [5.74, 6) is 0.554. The van der Waals surface area contributed by atoms with Crippen LogP contribution in [-0.4, -0.2) is 31.5 Å². The van der Waals surface area contributed by atoms with E-state index in [1.165, 1.54) is 12.5 Å². The minimum atomic E-state index is -0.463. The highest BCUT2D eigenvalue weighted by Crippen LogP contribution is 2.28. The van der Waals surface area contributed by atoms with E-state index in [2.05, 4.69) is 35.0 Å². The van der Waals surface area contributed by atoms with E-state index in [0.29, 0.717) is 23.7 Å². The number of amides is 2. The molecule has 0 fully saturated rings. The lowest BCUT2D eigenvalue weighted by atomic mass is 10.0. The smallest absolute Gasteiger partial charge is 0.242 e. The second kappa shape index (κ2) is 9.62. The average molecular weight is 369 g/mol. The quantitative estimate of drug-likeness (QED) is 0.666. The second-order valence-corrected chi connectivity index (χ2v) is 6.52. The Morgan fingerprint density at radius 3 is 2.41 bits per heavy atom. The predicted octanol–water partition coefficient (Wildman–Crippen LogP) is 3.37. The number of methoxy groups -OCH3 is 1. The summed E-state index contributed by atoms with van der Waals surface area (Å²) in [5, 5.41) is 8.85. The zero-order chi connectivity index (χ0) is 19.8. The maximum Gasteiger partial charge on any atom is 0.242 e. The maximum atomic E-state index is 12.5. The number of ether oxygens (including phenoxy) is 1.